The van der Waals surface area contributed by atoms with E-state index >= 15 is 0 Å². The monoisotopic (exact) mass is 360 g/mol. The summed E-state index contributed by atoms with van der Waals surface area (Å²) in [7, 11) is 4.95. The Kier molecular flexibility index (Phi) is 6.57. The summed E-state index contributed by atoms with van der Waals surface area (Å²) in [5.74, 6) is -3.13. The molecule has 0 saturated heterocycles. The molecule has 1 aromatic carbocycles. The van der Waals surface area contributed by atoms with E-state index < -0.39 is 23.9 Å². The molecule has 0 fully saturated rings. The quantitative estimate of drug-likeness (QED) is 0.497. The first-order valence-corrected chi connectivity index (χ1v) is 6.32. The number of rotatable bonds is 2. The van der Waals surface area contributed by atoms with Crippen LogP contribution in [0.2, 0.25) is 0 Å². The lowest BCUT2D eigenvalue weighted by Gasteiger charge is -2.27. The highest BCUT2D eigenvalue weighted by Gasteiger charge is 2.39. The first-order chi connectivity index (χ1) is 10.5. The molecule has 0 bridgehead atoms. The normalized spacial score (nSPS) is 12.2. The Bertz CT molecular complexity index is 614. The standard InChI is InChI=1S/C12H15F3NO.C2HF3O2/c1-8(17)9-5-6-11(16(2,3)4)10(7-9)12(13,14)15;3-2(4,5)1(6)7/h5-7H,1-4H3;(H,6,7)/q+1;. The SMILES string of the molecule is CC(=O)c1ccc([N+](C)(C)C)c(C(F)(F)F)c1.O=C(O)C(F)(F)F. The number of hydrogen-bond donors (Lipinski definition) is 1. The van der Waals surface area contributed by atoms with Crippen LogP contribution in [0.5, 0.6) is 0 Å². The molecule has 1 N–H and O–H groups in total. The number of aliphatic carboxylic acids is 1. The second kappa shape index (κ2) is 7.20. The number of nitrogens with zero attached hydrogens (tertiary/aromatic N) is 1. The van der Waals surface area contributed by atoms with Gasteiger partial charge in [-0.3, -0.25) is 9.28 Å². The maximum Gasteiger partial charge on any atom is 0.490 e. The predicted octanol–water partition coefficient (Wildman–Crippen LogP) is 3.74. The van der Waals surface area contributed by atoms with Gasteiger partial charge < -0.3 is 5.11 Å². The van der Waals surface area contributed by atoms with Crippen molar-refractivity contribution in [3.63, 3.8) is 0 Å². The van der Waals surface area contributed by atoms with Gasteiger partial charge in [0, 0.05) is 11.6 Å². The van der Waals surface area contributed by atoms with Crippen molar-refractivity contribution in [2.75, 3.05) is 21.1 Å². The lowest BCUT2D eigenvalue weighted by molar-refractivity contribution is -0.192. The Labute approximate surface area is 133 Å². The number of benzene rings is 1. The zero-order valence-corrected chi connectivity index (χ0v) is 13.2. The fraction of sp³-hybridized carbons (Fsp3) is 0.429. The molecule has 0 atom stereocenters. The summed E-state index contributed by atoms with van der Waals surface area (Å²) in [5, 5.41) is 7.12. The molecule has 0 aliphatic carbocycles. The van der Waals surface area contributed by atoms with Crippen molar-refractivity contribution in [3.05, 3.63) is 29.3 Å². The lowest BCUT2D eigenvalue weighted by Crippen LogP contribution is -2.36. The number of alkyl halides is 6. The van der Waals surface area contributed by atoms with Crippen molar-refractivity contribution < 1.29 is 41.0 Å². The van der Waals surface area contributed by atoms with Gasteiger partial charge in [0.2, 0.25) is 0 Å². The summed E-state index contributed by atoms with van der Waals surface area (Å²) in [5.41, 5.74) is -0.533. The van der Waals surface area contributed by atoms with E-state index in [1.54, 1.807) is 21.1 Å². The molecule has 10 heteroatoms. The number of ketones is 1. The second-order valence-corrected chi connectivity index (χ2v) is 5.60. The minimum atomic E-state index is -5.08. The van der Waals surface area contributed by atoms with Crippen molar-refractivity contribution in [1.82, 2.24) is 4.48 Å². The third-order valence-electron chi connectivity index (χ3n) is 2.67. The van der Waals surface area contributed by atoms with Crippen molar-refractivity contribution in [3.8, 4) is 0 Å². The fourth-order valence-electron chi connectivity index (χ4n) is 1.57. The summed E-state index contributed by atoms with van der Waals surface area (Å²) in [6, 6.07) is 3.71. The summed E-state index contributed by atoms with van der Waals surface area (Å²) < 4.78 is 70.5. The van der Waals surface area contributed by atoms with E-state index in [-0.39, 0.29) is 21.5 Å². The van der Waals surface area contributed by atoms with Gasteiger partial charge >= 0.3 is 18.3 Å². The van der Waals surface area contributed by atoms with Gasteiger partial charge in [0.1, 0.15) is 11.3 Å². The van der Waals surface area contributed by atoms with Gasteiger partial charge in [-0.2, -0.15) is 26.3 Å². The summed E-state index contributed by atoms with van der Waals surface area (Å²) in [6.07, 6.45) is -9.54. The van der Waals surface area contributed by atoms with Crippen LogP contribution in [-0.4, -0.2) is 44.2 Å². The van der Waals surface area contributed by atoms with Crippen molar-refractivity contribution in [2.45, 2.75) is 19.3 Å². The highest BCUT2D eigenvalue weighted by Crippen LogP contribution is 2.38. The van der Waals surface area contributed by atoms with Gasteiger partial charge in [-0.25, -0.2) is 4.79 Å². The highest BCUT2D eigenvalue weighted by molar-refractivity contribution is 5.94. The van der Waals surface area contributed by atoms with Crippen LogP contribution in [-0.2, 0) is 11.0 Å². The Hall–Kier alpha value is -2.10. The van der Waals surface area contributed by atoms with Gasteiger partial charge in [-0.1, -0.05) is 0 Å². The molecule has 0 aliphatic heterocycles. The second-order valence-electron chi connectivity index (χ2n) is 5.60. The molecule has 0 heterocycles. The number of Topliss-reactive ketones (excluding diaryl/α,β-unsaturated/α-hetero) is 1. The average Bonchev–Trinajstić information content (AvgIpc) is 2.35. The molecule has 0 spiro atoms. The first-order valence-electron chi connectivity index (χ1n) is 6.32. The van der Waals surface area contributed by atoms with Gasteiger partial charge in [0.15, 0.2) is 5.78 Å². The fourth-order valence-corrected chi connectivity index (χ4v) is 1.57. The minimum absolute atomic E-state index is 0.0486. The number of carboxylic acids is 1. The van der Waals surface area contributed by atoms with Crippen LogP contribution in [0.15, 0.2) is 18.2 Å². The van der Waals surface area contributed by atoms with Crippen LogP contribution in [0.4, 0.5) is 32.0 Å². The Balaban J connectivity index is 0.000000640. The molecule has 1 rings (SSSR count). The molecule has 4 nitrogen and oxygen atoms in total. The molecule has 24 heavy (non-hydrogen) atoms. The molecule has 0 unspecified atom stereocenters. The van der Waals surface area contributed by atoms with Crippen molar-refractivity contribution in [1.29, 1.82) is 0 Å². The van der Waals surface area contributed by atoms with Crippen LogP contribution < -0.4 is 4.48 Å². The number of hydrogen-bond acceptors (Lipinski definition) is 2. The first kappa shape index (κ1) is 21.9. The number of carbonyl (C=O) groups excluding carboxylic acids is 1. The molecule has 0 saturated carbocycles. The molecule has 0 radical (unpaired) electrons. The molecule has 0 aromatic heterocycles. The Morgan fingerprint density at radius 3 is 1.67 bits per heavy atom. The van der Waals surface area contributed by atoms with Gasteiger partial charge in [-0.05, 0) is 19.1 Å². The van der Waals surface area contributed by atoms with Crippen molar-refractivity contribution in [2.24, 2.45) is 0 Å². The van der Waals surface area contributed by atoms with E-state index in [1.165, 1.54) is 19.1 Å². The third kappa shape index (κ3) is 6.57. The van der Waals surface area contributed by atoms with Gasteiger partial charge in [0.25, 0.3) is 0 Å². The van der Waals surface area contributed by atoms with E-state index in [1.807, 2.05) is 0 Å². The minimum Gasteiger partial charge on any atom is -0.475 e. The lowest BCUT2D eigenvalue weighted by atomic mass is 10.0. The zero-order valence-electron chi connectivity index (χ0n) is 13.2. The molecule has 1 aromatic rings. The topological polar surface area (TPSA) is 54.4 Å². The number of halogens is 6. The van der Waals surface area contributed by atoms with Crippen molar-refractivity contribution >= 4 is 17.4 Å². The predicted molar refractivity (Wildman–Crippen MR) is 74.7 cm³/mol. The summed E-state index contributed by atoms with van der Waals surface area (Å²) >= 11 is 0. The third-order valence-corrected chi connectivity index (χ3v) is 2.67. The maximum atomic E-state index is 12.9. The van der Waals surface area contributed by atoms with Crippen LogP contribution in [0.3, 0.4) is 0 Å². The van der Waals surface area contributed by atoms with E-state index in [9.17, 15) is 31.1 Å². The zero-order chi connectivity index (χ0) is 19.5. The average molecular weight is 360 g/mol. The van der Waals surface area contributed by atoms with Gasteiger partial charge in [-0.15, -0.1) is 0 Å². The van der Waals surface area contributed by atoms with Crippen LogP contribution in [0, 0.1) is 0 Å². The van der Waals surface area contributed by atoms with E-state index in [4.69, 9.17) is 9.90 Å². The molecule has 136 valence electrons. The number of carbonyl (C=O) groups is 2. The van der Waals surface area contributed by atoms with E-state index in [0.717, 1.165) is 6.07 Å². The summed E-state index contributed by atoms with van der Waals surface area (Å²) in [4.78, 5) is 20.0. The van der Waals surface area contributed by atoms with Gasteiger partial charge in [0.05, 0.1) is 21.1 Å². The number of carboxylic acid groups (broad SMARTS) is 1. The van der Waals surface area contributed by atoms with E-state index in [2.05, 4.69) is 0 Å². The smallest absolute Gasteiger partial charge is 0.475 e. The molecule has 0 amide bonds. The van der Waals surface area contributed by atoms with E-state index in [0.29, 0.717) is 0 Å². The van der Waals surface area contributed by atoms with Crippen LogP contribution in [0.1, 0.15) is 22.8 Å². The number of quaternary nitrogens is 1. The largest absolute Gasteiger partial charge is 0.490 e. The molecular formula is C14H16F6NO3+. The Morgan fingerprint density at radius 1 is 1.00 bits per heavy atom. The maximum absolute atomic E-state index is 12.9. The highest BCUT2D eigenvalue weighted by atomic mass is 19.4. The molecule has 0 aliphatic rings. The Morgan fingerprint density at radius 2 is 1.42 bits per heavy atom. The van der Waals surface area contributed by atoms with Crippen LogP contribution in [0.25, 0.3) is 0 Å². The molecular weight excluding hydrogens is 344 g/mol. The van der Waals surface area contributed by atoms with Crippen LogP contribution >= 0.6 is 0 Å². The summed E-state index contributed by atoms with van der Waals surface area (Å²) in [6.45, 7) is 1.25.